The Morgan fingerprint density at radius 3 is 2.43 bits per heavy atom. The molecule has 0 bridgehead atoms. The van der Waals surface area contributed by atoms with Crippen molar-refractivity contribution in [2.45, 2.75) is 50.7 Å². The van der Waals surface area contributed by atoms with Gasteiger partial charge in [0.1, 0.15) is 0 Å². The summed E-state index contributed by atoms with van der Waals surface area (Å²) in [6.45, 7) is 8.36. The lowest BCUT2D eigenvalue weighted by molar-refractivity contribution is -0.0521. The highest BCUT2D eigenvalue weighted by Crippen LogP contribution is 2.26. The van der Waals surface area contributed by atoms with Gasteiger partial charge in [0.25, 0.3) is 0 Å². The van der Waals surface area contributed by atoms with Crippen LogP contribution >= 0.6 is 0 Å². The smallest absolute Gasteiger partial charge is 0.175 e. The Morgan fingerprint density at radius 1 is 1.22 bits per heavy atom. The fraction of sp³-hybridized carbons (Fsp3) is 0.667. The topological polar surface area (TPSA) is 55.4 Å². The van der Waals surface area contributed by atoms with E-state index in [1.165, 1.54) is 12.7 Å². The van der Waals surface area contributed by atoms with Gasteiger partial charge in [-0.25, -0.2) is 8.42 Å². The number of sulfone groups is 1. The van der Waals surface area contributed by atoms with Gasteiger partial charge in [-0.1, -0.05) is 26.0 Å². The van der Waals surface area contributed by atoms with Gasteiger partial charge >= 0.3 is 0 Å². The van der Waals surface area contributed by atoms with Crippen molar-refractivity contribution in [1.82, 2.24) is 5.32 Å². The van der Waals surface area contributed by atoms with E-state index in [0.717, 1.165) is 25.1 Å². The highest BCUT2D eigenvalue weighted by molar-refractivity contribution is 7.90. The molecule has 5 heteroatoms. The highest BCUT2D eigenvalue weighted by atomic mass is 32.2. The number of ether oxygens (including phenoxy) is 1. The van der Waals surface area contributed by atoms with E-state index in [2.05, 4.69) is 26.1 Å². The Kier molecular flexibility index (Phi) is 6.23. The van der Waals surface area contributed by atoms with Crippen molar-refractivity contribution >= 4 is 9.84 Å². The Morgan fingerprint density at radius 2 is 1.87 bits per heavy atom. The van der Waals surface area contributed by atoms with Crippen LogP contribution in [0.4, 0.5) is 0 Å². The number of benzene rings is 1. The first kappa shape index (κ1) is 18.4. The Labute approximate surface area is 140 Å². The predicted octanol–water partition coefficient (Wildman–Crippen LogP) is 3.19. The summed E-state index contributed by atoms with van der Waals surface area (Å²) in [5.74, 6) is 1.08. The molecule has 1 fully saturated rings. The molecule has 0 saturated carbocycles. The summed E-state index contributed by atoms with van der Waals surface area (Å²) >= 11 is 0. The second-order valence-electron chi connectivity index (χ2n) is 6.95. The summed E-state index contributed by atoms with van der Waals surface area (Å²) in [4.78, 5) is 0.369. The molecule has 0 spiro atoms. The first-order chi connectivity index (χ1) is 10.8. The third-order valence-electron chi connectivity index (χ3n) is 4.65. The van der Waals surface area contributed by atoms with Crippen LogP contribution in [0.15, 0.2) is 29.2 Å². The maximum atomic E-state index is 11.5. The van der Waals surface area contributed by atoms with E-state index < -0.39 is 9.84 Å². The molecule has 3 unspecified atom stereocenters. The van der Waals surface area contributed by atoms with Crippen LogP contribution in [-0.4, -0.2) is 33.9 Å². The zero-order valence-corrected chi connectivity index (χ0v) is 15.4. The van der Waals surface area contributed by atoms with Crippen LogP contribution in [0.5, 0.6) is 0 Å². The van der Waals surface area contributed by atoms with E-state index in [0.29, 0.717) is 22.8 Å². The monoisotopic (exact) mass is 339 g/mol. The average molecular weight is 340 g/mol. The summed E-state index contributed by atoms with van der Waals surface area (Å²) in [5.41, 5.74) is 1.11. The van der Waals surface area contributed by atoms with Gasteiger partial charge < -0.3 is 10.1 Å². The van der Waals surface area contributed by atoms with Crippen LogP contribution in [0.25, 0.3) is 0 Å². The van der Waals surface area contributed by atoms with Crippen molar-refractivity contribution in [2.24, 2.45) is 11.8 Å². The number of nitrogens with one attached hydrogen (secondary N) is 1. The fourth-order valence-electron chi connectivity index (χ4n) is 3.27. The number of hydrogen-bond acceptors (Lipinski definition) is 4. The third-order valence-corrected chi connectivity index (χ3v) is 5.77. The maximum Gasteiger partial charge on any atom is 0.175 e. The van der Waals surface area contributed by atoms with E-state index in [1.54, 1.807) is 12.1 Å². The molecule has 0 amide bonds. The van der Waals surface area contributed by atoms with Crippen molar-refractivity contribution < 1.29 is 13.2 Å². The molecule has 1 aromatic carbocycles. The normalized spacial score (nSPS) is 23.9. The molecule has 3 atom stereocenters. The molecule has 4 nitrogen and oxygen atoms in total. The van der Waals surface area contributed by atoms with Crippen LogP contribution in [-0.2, 0) is 14.6 Å². The molecule has 1 heterocycles. The first-order valence-corrected chi connectivity index (χ1v) is 10.3. The van der Waals surface area contributed by atoms with Crippen molar-refractivity contribution in [3.63, 3.8) is 0 Å². The molecule has 0 radical (unpaired) electrons. The van der Waals surface area contributed by atoms with Gasteiger partial charge in [-0.3, -0.25) is 0 Å². The molecule has 130 valence electrons. The van der Waals surface area contributed by atoms with Gasteiger partial charge in [0.15, 0.2) is 9.84 Å². The minimum atomic E-state index is -3.13. The van der Waals surface area contributed by atoms with Gasteiger partial charge in [0.2, 0.25) is 0 Å². The minimum Gasteiger partial charge on any atom is -0.378 e. The van der Waals surface area contributed by atoms with E-state index >= 15 is 0 Å². The Bertz CT molecular complexity index is 595. The van der Waals surface area contributed by atoms with Gasteiger partial charge in [0, 0.05) is 25.4 Å². The molecule has 1 aliphatic rings. The predicted molar refractivity (Wildman–Crippen MR) is 93.3 cm³/mol. The zero-order valence-electron chi connectivity index (χ0n) is 14.6. The lowest BCUT2D eigenvalue weighted by atomic mass is 9.87. The van der Waals surface area contributed by atoms with Crippen LogP contribution in [0.1, 0.15) is 45.2 Å². The second-order valence-corrected chi connectivity index (χ2v) is 8.97. The number of hydrogen-bond donors (Lipinski definition) is 1. The summed E-state index contributed by atoms with van der Waals surface area (Å²) in [7, 11) is -3.13. The molecular weight excluding hydrogens is 310 g/mol. The summed E-state index contributed by atoms with van der Waals surface area (Å²) in [6, 6.07) is 7.35. The largest absolute Gasteiger partial charge is 0.378 e. The highest BCUT2D eigenvalue weighted by Gasteiger charge is 2.28. The average Bonchev–Trinajstić information content (AvgIpc) is 2.52. The van der Waals surface area contributed by atoms with Crippen molar-refractivity contribution in [1.29, 1.82) is 0 Å². The molecule has 23 heavy (non-hydrogen) atoms. The SMILES string of the molecule is CC(NCC1CCCOC1C(C)C)c1ccc(S(C)(=O)=O)cc1. The molecular formula is C18H29NO3S. The summed E-state index contributed by atoms with van der Waals surface area (Å²) in [6.07, 6.45) is 3.90. The van der Waals surface area contributed by atoms with Crippen LogP contribution < -0.4 is 5.32 Å². The van der Waals surface area contributed by atoms with Gasteiger partial charge in [0.05, 0.1) is 11.0 Å². The standard InChI is InChI=1S/C18H29NO3S/c1-13(2)18-16(6-5-11-22-18)12-19-14(3)15-7-9-17(10-8-15)23(4,20)21/h7-10,13-14,16,18-19H,5-6,11-12H2,1-4H3. The molecule has 0 aromatic heterocycles. The second kappa shape index (κ2) is 7.77. The zero-order chi connectivity index (χ0) is 17.0. The van der Waals surface area contributed by atoms with Crippen molar-refractivity contribution in [3.05, 3.63) is 29.8 Å². The molecule has 0 aliphatic carbocycles. The van der Waals surface area contributed by atoms with E-state index in [1.807, 2.05) is 12.1 Å². The summed E-state index contributed by atoms with van der Waals surface area (Å²) < 4.78 is 29.0. The lowest BCUT2D eigenvalue weighted by Crippen LogP contribution is -2.40. The number of rotatable bonds is 6. The molecule has 1 saturated heterocycles. The molecule has 1 N–H and O–H groups in total. The Balaban J connectivity index is 1.95. The molecule has 1 aromatic rings. The quantitative estimate of drug-likeness (QED) is 0.865. The van der Waals surface area contributed by atoms with E-state index in [4.69, 9.17) is 4.74 Å². The van der Waals surface area contributed by atoms with Gasteiger partial charge in [-0.2, -0.15) is 0 Å². The van der Waals surface area contributed by atoms with E-state index in [-0.39, 0.29) is 6.04 Å². The molecule has 2 rings (SSSR count). The van der Waals surface area contributed by atoms with Crippen LogP contribution in [0.2, 0.25) is 0 Å². The maximum absolute atomic E-state index is 11.5. The van der Waals surface area contributed by atoms with Gasteiger partial charge in [-0.05, 0) is 49.3 Å². The fourth-order valence-corrected chi connectivity index (χ4v) is 3.90. The van der Waals surface area contributed by atoms with E-state index in [9.17, 15) is 8.42 Å². The lowest BCUT2D eigenvalue weighted by Gasteiger charge is -2.35. The molecule has 1 aliphatic heterocycles. The first-order valence-electron chi connectivity index (χ1n) is 8.44. The Hall–Kier alpha value is -0.910. The van der Waals surface area contributed by atoms with Crippen LogP contribution in [0.3, 0.4) is 0 Å². The van der Waals surface area contributed by atoms with Crippen LogP contribution in [0, 0.1) is 11.8 Å². The van der Waals surface area contributed by atoms with Gasteiger partial charge in [-0.15, -0.1) is 0 Å². The third kappa shape index (κ3) is 5.03. The van der Waals surface area contributed by atoms with Crippen molar-refractivity contribution in [3.8, 4) is 0 Å². The summed E-state index contributed by atoms with van der Waals surface area (Å²) in [5, 5.41) is 3.58. The minimum absolute atomic E-state index is 0.193. The van der Waals surface area contributed by atoms with Crippen molar-refractivity contribution in [2.75, 3.05) is 19.4 Å².